The molecule has 5 heteroatoms. The monoisotopic (exact) mass is 246 g/mol. The van der Waals surface area contributed by atoms with Crippen molar-refractivity contribution < 1.29 is 13.2 Å². The van der Waals surface area contributed by atoms with E-state index in [0.29, 0.717) is 6.54 Å². The fourth-order valence-electron chi connectivity index (χ4n) is 1.46. The third-order valence-electron chi connectivity index (χ3n) is 2.38. The molecule has 0 aliphatic heterocycles. The third-order valence-corrected chi connectivity index (χ3v) is 2.38. The fourth-order valence-corrected chi connectivity index (χ4v) is 1.46. The molecule has 0 aromatic carbocycles. The highest BCUT2D eigenvalue weighted by Crippen LogP contribution is 2.28. The molecular formula is C12H17F3N2. The molecule has 0 saturated heterocycles. The van der Waals surface area contributed by atoms with Gasteiger partial charge in [-0.15, -0.1) is 0 Å². The van der Waals surface area contributed by atoms with Crippen molar-refractivity contribution in [1.29, 1.82) is 0 Å². The summed E-state index contributed by atoms with van der Waals surface area (Å²) < 4.78 is 37.1. The van der Waals surface area contributed by atoms with Crippen LogP contribution >= 0.6 is 0 Å². The Hall–Kier alpha value is -1.26. The van der Waals surface area contributed by atoms with Gasteiger partial charge in [0.25, 0.3) is 0 Å². The van der Waals surface area contributed by atoms with Crippen molar-refractivity contribution in [2.24, 2.45) is 0 Å². The van der Waals surface area contributed by atoms with Crippen molar-refractivity contribution >= 4 is 5.82 Å². The predicted molar refractivity (Wildman–Crippen MR) is 61.9 cm³/mol. The first-order valence-electron chi connectivity index (χ1n) is 5.82. The number of hydrogen-bond acceptors (Lipinski definition) is 2. The summed E-state index contributed by atoms with van der Waals surface area (Å²) in [5.41, 5.74) is -0.851. The smallest absolute Gasteiger partial charge is 0.370 e. The maximum absolute atomic E-state index is 12.4. The Morgan fingerprint density at radius 1 is 1.18 bits per heavy atom. The van der Waals surface area contributed by atoms with Crippen LogP contribution in [0.4, 0.5) is 19.0 Å². The molecule has 0 aliphatic carbocycles. The second-order valence-corrected chi connectivity index (χ2v) is 3.89. The number of alkyl halides is 3. The van der Waals surface area contributed by atoms with E-state index in [1.54, 1.807) is 6.07 Å². The number of nitrogens with zero attached hydrogens (tertiary/aromatic N) is 1. The summed E-state index contributed by atoms with van der Waals surface area (Å²) >= 11 is 0. The number of nitrogens with one attached hydrogen (secondary N) is 1. The van der Waals surface area contributed by atoms with E-state index in [1.807, 2.05) is 0 Å². The highest BCUT2D eigenvalue weighted by molar-refractivity contribution is 5.35. The van der Waals surface area contributed by atoms with Crippen LogP contribution in [0.5, 0.6) is 0 Å². The molecule has 0 amide bonds. The Morgan fingerprint density at radius 3 is 2.59 bits per heavy atom. The first kappa shape index (κ1) is 13.8. The zero-order chi connectivity index (χ0) is 12.7. The maximum atomic E-state index is 12.4. The molecule has 0 bridgehead atoms. The fraction of sp³-hybridized carbons (Fsp3) is 0.583. The summed E-state index contributed by atoms with van der Waals surface area (Å²) in [5, 5.41) is 2.90. The lowest BCUT2D eigenvalue weighted by atomic mass is 10.2. The van der Waals surface area contributed by atoms with E-state index in [0.717, 1.165) is 31.7 Å². The Morgan fingerprint density at radius 2 is 1.94 bits per heavy atom. The van der Waals surface area contributed by atoms with Gasteiger partial charge in [0.2, 0.25) is 0 Å². The summed E-state index contributed by atoms with van der Waals surface area (Å²) in [6.07, 6.45) is -0.0480. The van der Waals surface area contributed by atoms with Gasteiger partial charge in [-0.1, -0.05) is 32.3 Å². The molecule has 1 rings (SSSR count). The van der Waals surface area contributed by atoms with Crippen molar-refractivity contribution in [2.45, 2.75) is 38.8 Å². The molecule has 1 heterocycles. The minimum Gasteiger partial charge on any atom is -0.370 e. The molecule has 1 N–H and O–H groups in total. The molecule has 0 spiro atoms. The molecule has 0 unspecified atom stereocenters. The second-order valence-electron chi connectivity index (χ2n) is 3.89. The minimum absolute atomic E-state index is 0.288. The SMILES string of the molecule is CCCCCCNc1cccc(C(F)(F)F)n1. The number of pyridine rings is 1. The molecule has 0 atom stereocenters. The molecule has 96 valence electrons. The van der Waals surface area contributed by atoms with Crippen molar-refractivity contribution in [3.8, 4) is 0 Å². The van der Waals surface area contributed by atoms with Crippen LogP contribution in [0.15, 0.2) is 18.2 Å². The van der Waals surface area contributed by atoms with Crippen LogP contribution in [0.1, 0.15) is 38.3 Å². The standard InChI is InChI=1S/C12H17F3N2/c1-2-3-4-5-9-16-11-8-6-7-10(17-11)12(13,14)15/h6-8H,2-5,9H2,1H3,(H,16,17). The maximum Gasteiger partial charge on any atom is 0.433 e. The highest BCUT2D eigenvalue weighted by Gasteiger charge is 2.32. The first-order valence-corrected chi connectivity index (χ1v) is 5.82. The van der Waals surface area contributed by atoms with E-state index in [-0.39, 0.29) is 5.82 Å². The van der Waals surface area contributed by atoms with Crippen LogP contribution < -0.4 is 5.32 Å². The topological polar surface area (TPSA) is 24.9 Å². The van der Waals surface area contributed by atoms with Crippen molar-refractivity contribution in [3.05, 3.63) is 23.9 Å². The average Bonchev–Trinajstić information content (AvgIpc) is 2.28. The zero-order valence-corrected chi connectivity index (χ0v) is 9.85. The molecule has 1 aromatic heterocycles. The molecule has 0 fully saturated rings. The third kappa shape index (κ3) is 5.06. The lowest BCUT2D eigenvalue weighted by Crippen LogP contribution is -2.10. The van der Waals surface area contributed by atoms with E-state index in [2.05, 4.69) is 17.2 Å². The Kier molecular flexibility index (Phi) is 5.25. The van der Waals surface area contributed by atoms with Gasteiger partial charge < -0.3 is 5.32 Å². The quantitative estimate of drug-likeness (QED) is 0.764. The second kappa shape index (κ2) is 6.47. The number of unbranched alkanes of at least 4 members (excludes halogenated alkanes) is 3. The normalized spacial score (nSPS) is 11.5. The molecule has 0 saturated carbocycles. The van der Waals surface area contributed by atoms with Crippen LogP contribution in [0.3, 0.4) is 0 Å². The van der Waals surface area contributed by atoms with Gasteiger partial charge in [0.05, 0.1) is 0 Å². The van der Waals surface area contributed by atoms with Crippen LogP contribution in [-0.2, 0) is 6.18 Å². The number of rotatable bonds is 6. The van der Waals surface area contributed by atoms with E-state index >= 15 is 0 Å². The van der Waals surface area contributed by atoms with Gasteiger partial charge in [-0.05, 0) is 18.6 Å². The summed E-state index contributed by atoms with van der Waals surface area (Å²) in [6.45, 7) is 2.77. The van der Waals surface area contributed by atoms with Gasteiger partial charge in [-0.3, -0.25) is 0 Å². The summed E-state index contributed by atoms with van der Waals surface area (Å²) in [7, 11) is 0. The zero-order valence-electron chi connectivity index (χ0n) is 9.85. The number of hydrogen-bond donors (Lipinski definition) is 1. The van der Waals surface area contributed by atoms with E-state index in [9.17, 15) is 13.2 Å². The van der Waals surface area contributed by atoms with Gasteiger partial charge in [0.1, 0.15) is 11.5 Å². The molecule has 17 heavy (non-hydrogen) atoms. The van der Waals surface area contributed by atoms with Gasteiger partial charge in [-0.2, -0.15) is 13.2 Å². The highest BCUT2D eigenvalue weighted by atomic mass is 19.4. The molecule has 2 nitrogen and oxygen atoms in total. The van der Waals surface area contributed by atoms with Gasteiger partial charge >= 0.3 is 6.18 Å². The predicted octanol–water partition coefficient (Wildman–Crippen LogP) is 4.09. The van der Waals surface area contributed by atoms with E-state index < -0.39 is 11.9 Å². The van der Waals surface area contributed by atoms with Crippen molar-refractivity contribution in [1.82, 2.24) is 4.98 Å². The molecule has 0 radical (unpaired) electrons. The van der Waals surface area contributed by atoms with E-state index in [1.165, 1.54) is 6.07 Å². The molecule has 1 aromatic rings. The van der Waals surface area contributed by atoms with Crippen LogP contribution in [0, 0.1) is 0 Å². The molecular weight excluding hydrogens is 229 g/mol. The van der Waals surface area contributed by atoms with Crippen LogP contribution in [-0.4, -0.2) is 11.5 Å². The number of aromatic nitrogens is 1. The summed E-state index contributed by atoms with van der Waals surface area (Å²) in [4.78, 5) is 3.53. The summed E-state index contributed by atoms with van der Waals surface area (Å²) in [5.74, 6) is 0.288. The van der Waals surface area contributed by atoms with Gasteiger partial charge in [-0.25, -0.2) is 4.98 Å². The lowest BCUT2D eigenvalue weighted by molar-refractivity contribution is -0.141. The average molecular weight is 246 g/mol. The van der Waals surface area contributed by atoms with Crippen molar-refractivity contribution in [2.75, 3.05) is 11.9 Å². The first-order chi connectivity index (χ1) is 8.04. The minimum atomic E-state index is -4.38. The number of halogens is 3. The number of anilines is 1. The van der Waals surface area contributed by atoms with Crippen LogP contribution in [0.2, 0.25) is 0 Å². The molecule has 0 aliphatic rings. The van der Waals surface area contributed by atoms with Gasteiger partial charge in [0.15, 0.2) is 0 Å². The van der Waals surface area contributed by atoms with E-state index in [4.69, 9.17) is 0 Å². The Bertz CT molecular complexity index is 337. The largest absolute Gasteiger partial charge is 0.433 e. The van der Waals surface area contributed by atoms with Crippen LogP contribution in [0.25, 0.3) is 0 Å². The van der Waals surface area contributed by atoms with Gasteiger partial charge in [0, 0.05) is 6.54 Å². The Balaban J connectivity index is 2.44. The Labute approximate surface area is 99.3 Å². The summed E-state index contributed by atoms with van der Waals surface area (Å²) in [6, 6.07) is 3.89. The lowest BCUT2D eigenvalue weighted by Gasteiger charge is -2.09. The van der Waals surface area contributed by atoms with Crippen molar-refractivity contribution in [3.63, 3.8) is 0 Å².